The molecular weight excluding hydrogens is 340 g/mol. The maximum absolute atomic E-state index is 12.0. The minimum absolute atomic E-state index is 0.229. The molecule has 0 radical (unpaired) electrons. The van der Waals surface area contributed by atoms with Crippen molar-refractivity contribution in [2.75, 3.05) is 20.2 Å². The van der Waals surface area contributed by atoms with Crippen molar-refractivity contribution in [1.29, 1.82) is 0 Å². The zero-order chi connectivity index (χ0) is 19.0. The Morgan fingerprint density at radius 2 is 2.22 bits per heavy atom. The first kappa shape index (κ1) is 18.2. The number of pyridine rings is 1. The van der Waals surface area contributed by atoms with E-state index in [4.69, 9.17) is 9.47 Å². The van der Waals surface area contributed by atoms with Crippen LogP contribution in [0.2, 0.25) is 0 Å². The van der Waals surface area contributed by atoms with Gasteiger partial charge in [-0.25, -0.2) is 0 Å². The number of nitrogens with zero attached hydrogens (tertiary/aromatic N) is 2. The molecule has 0 spiro atoms. The molecule has 1 aromatic carbocycles. The normalized spacial score (nSPS) is 28.1. The van der Waals surface area contributed by atoms with Crippen molar-refractivity contribution < 1.29 is 14.3 Å². The highest BCUT2D eigenvalue weighted by molar-refractivity contribution is 5.84. The number of aromatic nitrogens is 1. The van der Waals surface area contributed by atoms with E-state index < -0.39 is 0 Å². The van der Waals surface area contributed by atoms with Gasteiger partial charge < -0.3 is 9.47 Å². The van der Waals surface area contributed by atoms with Crippen LogP contribution < -0.4 is 4.74 Å². The zero-order valence-corrected chi connectivity index (χ0v) is 16.4. The average Bonchev–Trinajstić information content (AvgIpc) is 2.71. The summed E-state index contributed by atoms with van der Waals surface area (Å²) in [5.74, 6) is 2.05. The van der Waals surface area contributed by atoms with Gasteiger partial charge in [0.2, 0.25) is 0 Å². The molecule has 4 heterocycles. The molecule has 27 heavy (non-hydrogen) atoms. The third-order valence-corrected chi connectivity index (χ3v) is 6.39. The first-order chi connectivity index (χ1) is 13.1. The number of piperidine rings is 3. The summed E-state index contributed by atoms with van der Waals surface area (Å²) < 4.78 is 11.3. The van der Waals surface area contributed by atoms with Crippen LogP contribution in [0, 0.1) is 11.8 Å². The van der Waals surface area contributed by atoms with Crippen molar-refractivity contribution in [2.45, 2.75) is 45.3 Å². The molecule has 3 aliphatic rings. The number of hydrogen-bond donors (Lipinski definition) is 0. The quantitative estimate of drug-likeness (QED) is 0.748. The number of rotatable bonds is 5. The van der Waals surface area contributed by atoms with E-state index in [9.17, 15) is 4.79 Å². The van der Waals surface area contributed by atoms with Gasteiger partial charge >= 0.3 is 5.97 Å². The molecule has 3 aliphatic heterocycles. The lowest BCUT2D eigenvalue weighted by Crippen LogP contribution is -2.55. The molecular formula is C22H28N2O3. The predicted molar refractivity (Wildman–Crippen MR) is 105 cm³/mol. The molecule has 1 aromatic heterocycles. The molecule has 2 aromatic rings. The van der Waals surface area contributed by atoms with Gasteiger partial charge in [-0.05, 0) is 55.5 Å². The van der Waals surface area contributed by atoms with Crippen LogP contribution in [-0.4, -0.2) is 42.1 Å². The lowest BCUT2D eigenvalue weighted by Gasteiger charge is -2.51. The van der Waals surface area contributed by atoms with Gasteiger partial charge in [-0.15, -0.1) is 0 Å². The highest BCUT2D eigenvalue weighted by atomic mass is 16.5. The van der Waals surface area contributed by atoms with Gasteiger partial charge in [-0.3, -0.25) is 14.7 Å². The summed E-state index contributed by atoms with van der Waals surface area (Å²) in [5.41, 5.74) is 1.92. The summed E-state index contributed by atoms with van der Waals surface area (Å²) in [7, 11) is 1.66. The van der Waals surface area contributed by atoms with E-state index in [0.717, 1.165) is 53.6 Å². The van der Waals surface area contributed by atoms with Crippen molar-refractivity contribution in [2.24, 2.45) is 11.8 Å². The number of methoxy groups -OCH3 is 1. The van der Waals surface area contributed by atoms with Crippen molar-refractivity contribution in [3.05, 3.63) is 36.0 Å². The van der Waals surface area contributed by atoms with Gasteiger partial charge in [0.1, 0.15) is 11.9 Å². The number of carbonyl (C=O) groups excluding carboxylic acids is 1. The Hall–Kier alpha value is -2.14. The van der Waals surface area contributed by atoms with Gasteiger partial charge in [0.25, 0.3) is 0 Å². The van der Waals surface area contributed by atoms with Crippen molar-refractivity contribution >= 4 is 16.9 Å². The lowest BCUT2D eigenvalue weighted by molar-refractivity contribution is -0.155. The standard InChI is InChI=1S/C22H28N2O3/c1-4-15-13-24-10-8-16(15)11-21(24)22(27-14(2)25)18-7-9-23-20-6-5-17(26-3)12-19(18)20/h5-7,9,12,15-16,21-22H,4,8,10-11,13H2,1-3H3/t15-,16-,21-,22+/m0/s1. The van der Waals surface area contributed by atoms with E-state index in [2.05, 4.69) is 16.8 Å². The van der Waals surface area contributed by atoms with Crippen LogP contribution in [-0.2, 0) is 9.53 Å². The zero-order valence-electron chi connectivity index (χ0n) is 16.4. The highest BCUT2D eigenvalue weighted by Crippen LogP contribution is 2.44. The number of benzene rings is 1. The SMILES string of the molecule is CC[C@H]1CN2CC[C@H]1C[C@H]2[C@H](OC(C)=O)c1ccnc2ccc(OC)cc12. The first-order valence-electron chi connectivity index (χ1n) is 9.94. The molecule has 3 fully saturated rings. The van der Waals surface area contributed by atoms with E-state index in [1.165, 1.54) is 19.8 Å². The first-order valence-corrected chi connectivity index (χ1v) is 9.94. The van der Waals surface area contributed by atoms with Crippen LogP contribution in [0.4, 0.5) is 0 Å². The minimum Gasteiger partial charge on any atom is -0.497 e. The van der Waals surface area contributed by atoms with Gasteiger partial charge in [0, 0.05) is 30.6 Å². The number of ether oxygens (including phenoxy) is 2. The number of esters is 1. The summed E-state index contributed by atoms with van der Waals surface area (Å²) in [5, 5.41) is 0.998. The van der Waals surface area contributed by atoms with Crippen LogP contribution >= 0.6 is 0 Å². The van der Waals surface area contributed by atoms with E-state index in [-0.39, 0.29) is 18.1 Å². The third kappa shape index (κ3) is 3.41. The molecule has 0 N–H and O–H groups in total. The summed E-state index contributed by atoms with van der Waals surface area (Å²) in [4.78, 5) is 19.0. The number of fused-ring (bicyclic) bond motifs is 4. The van der Waals surface area contributed by atoms with Gasteiger partial charge in [-0.1, -0.05) is 13.3 Å². The predicted octanol–water partition coefficient (Wildman–Crippen LogP) is 3.97. The molecule has 5 rings (SSSR count). The summed E-state index contributed by atoms with van der Waals surface area (Å²) in [6.07, 6.45) is 5.10. The summed E-state index contributed by atoms with van der Waals surface area (Å²) in [6, 6.07) is 8.10. The van der Waals surface area contributed by atoms with Crippen molar-refractivity contribution in [3.63, 3.8) is 0 Å². The Morgan fingerprint density at radius 3 is 2.89 bits per heavy atom. The molecule has 5 nitrogen and oxygen atoms in total. The Bertz CT molecular complexity index is 837. The molecule has 2 bridgehead atoms. The van der Waals surface area contributed by atoms with Crippen LogP contribution in [0.3, 0.4) is 0 Å². The number of hydrogen-bond acceptors (Lipinski definition) is 5. The Labute approximate surface area is 160 Å². The van der Waals surface area contributed by atoms with Gasteiger partial charge in [0.05, 0.1) is 18.7 Å². The van der Waals surface area contributed by atoms with E-state index in [1.807, 2.05) is 30.5 Å². The van der Waals surface area contributed by atoms with Crippen LogP contribution in [0.5, 0.6) is 5.75 Å². The third-order valence-electron chi connectivity index (χ3n) is 6.39. The Morgan fingerprint density at radius 1 is 1.37 bits per heavy atom. The monoisotopic (exact) mass is 368 g/mol. The lowest BCUT2D eigenvalue weighted by atomic mass is 9.72. The Balaban J connectivity index is 1.75. The second-order valence-electron chi connectivity index (χ2n) is 7.83. The maximum Gasteiger partial charge on any atom is 0.303 e. The second kappa shape index (κ2) is 7.47. The summed E-state index contributed by atoms with van der Waals surface area (Å²) >= 11 is 0. The second-order valence-corrected chi connectivity index (χ2v) is 7.83. The molecule has 0 saturated carbocycles. The highest BCUT2D eigenvalue weighted by Gasteiger charge is 2.44. The molecule has 5 heteroatoms. The average molecular weight is 368 g/mol. The summed E-state index contributed by atoms with van der Waals surface area (Å²) in [6.45, 7) is 5.99. The molecule has 1 unspecified atom stereocenters. The fraction of sp³-hybridized carbons (Fsp3) is 0.545. The fourth-order valence-corrected chi connectivity index (χ4v) is 5.01. The van der Waals surface area contributed by atoms with Crippen LogP contribution in [0.1, 0.15) is 44.8 Å². The Kier molecular flexibility index (Phi) is 5.04. The van der Waals surface area contributed by atoms with E-state index >= 15 is 0 Å². The van der Waals surface area contributed by atoms with Crippen LogP contribution in [0.25, 0.3) is 10.9 Å². The van der Waals surface area contributed by atoms with Crippen molar-refractivity contribution in [1.82, 2.24) is 9.88 Å². The fourth-order valence-electron chi connectivity index (χ4n) is 5.01. The molecule has 144 valence electrons. The molecule has 0 amide bonds. The van der Waals surface area contributed by atoms with Crippen LogP contribution in [0.15, 0.2) is 30.5 Å². The minimum atomic E-state index is -0.277. The number of carbonyl (C=O) groups is 1. The van der Waals surface area contributed by atoms with Gasteiger partial charge in [0.15, 0.2) is 0 Å². The van der Waals surface area contributed by atoms with E-state index in [1.54, 1.807) is 7.11 Å². The largest absolute Gasteiger partial charge is 0.497 e. The maximum atomic E-state index is 12.0. The topological polar surface area (TPSA) is 51.7 Å². The molecule has 5 atom stereocenters. The molecule has 3 saturated heterocycles. The smallest absolute Gasteiger partial charge is 0.303 e. The van der Waals surface area contributed by atoms with Gasteiger partial charge in [-0.2, -0.15) is 0 Å². The molecule has 0 aliphatic carbocycles. The van der Waals surface area contributed by atoms with E-state index in [0.29, 0.717) is 0 Å². The van der Waals surface area contributed by atoms with Crippen molar-refractivity contribution in [3.8, 4) is 5.75 Å².